The molecule has 2 unspecified atom stereocenters. The second-order valence-electron chi connectivity index (χ2n) is 4.03. The van der Waals surface area contributed by atoms with E-state index in [2.05, 4.69) is 14.3 Å². The Morgan fingerprint density at radius 3 is 3.00 bits per heavy atom. The number of aromatic nitrogens is 2. The molecule has 14 heavy (non-hydrogen) atoms. The number of hydrogen-bond acceptors (Lipinski definition) is 5. The Kier molecular flexibility index (Phi) is 1.95. The molecule has 2 bridgehead atoms. The number of hydrogen-bond donors (Lipinski definition) is 0. The van der Waals surface area contributed by atoms with Gasteiger partial charge in [0.15, 0.2) is 0 Å². The Morgan fingerprint density at radius 1 is 1.50 bits per heavy atom. The van der Waals surface area contributed by atoms with Crippen LogP contribution in [0, 0.1) is 5.92 Å². The predicted molar refractivity (Wildman–Crippen MR) is 53.7 cm³/mol. The van der Waals surface area contributed by atoms with Gasteiger partial charge in [0.2, 0.25) is 0 Å². The van der Waals surface area contributed by atoms with Crippen LogP contribution in [0.15, 0.2) is 0 Å². The first kappa shape index (κ1) is 8.61. The molecule has 0 amide bonds. The van der Waals surface area contributed by atoms with Gasteiger partial charge in [0.05, 0.1) is 7.11 Å². The fourth-order valence-electron chi connectivity index (χ4n) is 2.52. The van der Waals surface area contributed by atoms with Crippen LogP contribution in [0.25, 0.3) is 0 Å². The summed E-state index contributed by atoms with van der Waals surface area (Å²) >= 11 is 1.50. The summed E-state index contributed by atoms with van der Waals surface area (Å²) in [6, 6.07) is 0.530. The van der Waals surface area contributed by atoms with Crippen molar-refractivity contribution in [1.82, 2.24) is 14.3 Å². The number of ether oxygens (including phenoxy) is 1. The van der Waals surface area contributed by atoms with Gasteiger partial charge in [-0.2, -0.15) is 4.98 Å². The average molecular weight is 211 g/mol. The molecule has 0 N–H and O–H groups in total. The van der Waals surface area contributed by atoms with Crippen LogP contribution < -0.4 is 4.74 Å². The normalized spacial score (nSPS) is 35.1. The number of nitrogens with zero attached hydrogens (tertiary/aromatic N) is 3. The SMILES string of the molecule is COc1nsc([C@H]2CN3CCC2C3)n1. The van der Waals surface area contributed by atoms with Gasteiger partial charge in [-0.15, -0.1) is 4.37 Å². The van der Waals surface area contributed by atoms with E-state index in [1.807, 2.05) is 0 Å². The van der Waals surface area contributed by atoms with Crippen molar-refractivity contribution in [2.24, 2.45) is 5.92 Å². The van der Waals surface area contributed by atoms with Crippen LogP contribution in [0.5, 0.6) is 6.01 Å². The predicted octanol–water partition coefficient (Wildman–Crippen LogP) is 0.966. The molecule has 0 radical (unpaired) electrons. The summed E-state index contributed by atoms with van der Waals surface area (Å²) in [6.45, 7) is 3.70. The highest BCUT2D eigenvalue weighted by Crippen LogP contribution is 2.40. The fourth-order valence-corrected chi connectivity index (χ4v) is 3.33. The van der Waals surface area contributed by atoms with Gasteiger partial charge in [-0.25, -0.2) is 0 Å². The molecule has 3 rings (SSSR count). The highest BCUT2D eigenvalue weighted by atomic mass is 32.1. The zero-order valence-electron chi connectivity index (χ0n) is 8.14. The van der Waals surface area contributed by atoms with E-state index in [0.29, 0.717) is 11.9 Å². The van der Waals surface area contributed by atoms with Gasteiger partial charge in [-0.3, -0.25) is 0 Å². The van der Waals surface area contributed by atoms with E-state index in [1.165, 1.54) is 37.6 Å². The first-order chi connectivity index (χ1) is 6.86. The molecule has 4 nitrogen and oxygen atoms in total. The average Bonchev–Trinajstić information content (AvgIpc) is 2.93. The van der Waals surface area contributed by atoms with E-state index in [0.717, 1.165) is 10.9 Å². The summed E-state index contributed by atoms with van der Waals surface area (Å²) in [5.74, 6) is 1.43. The van der Waals surface area contributed by atoms with Crippen molar-refractivity contribution in [3.63, 3.8) is 0 Å². The van der Waals surface area contributed by atoms with Gasteiger partial charge in [0.25, 0.3) is 0 Å². The lowest BCUT2D eigenvalue weighted by atomic mass is 9.93. The van der Waals surface area contributed by atoms with Crippen molar-refractivity contribution < 1.29 is 4.74 Å². The lowest BCUT2D eigenvalue weighted by Crippen LogP contribution is -2.21. The second kappa shape index (κ2) is 3.17. The monoisotopic (exact) mass is 211 g/mol. The Morgan fingerprint density at radius 2 is 2.43 bits per heavy atom. The minimum absolute atomic E-state index is 0.530. The van der Waals surface area contributed by atoms with Crippen molar-refractivity contribution in [3.8, 4) is 6.01 Å². The molecule has 3 atom stereocenters. The first-order valence-electron chi connectivity index (χ1n) is 4.97. The zero-order chi connectivity index (χ0) is 9.54. The van der Waals surface area contributed by atoms with Crippen molar-refractivity contribution >= 4 is 11.5 Å². The summed E-state index contributed by atoms with van der Waals surface area (Å²) in [4.78, 5) is 6.91. The van der Waals surface area contributed by atoms with Crippen LogP contribution in [0.1, 0.15) is 17.3 Å². The van der Waals surface area contributed by atoms with E-state index in [-0.39, 0.29) is 0 Å². The van der Waals surface area contributed by atoms with E-state index in [4.69, 9.17) is 4.74 Å². The van der Waals surface area contributed by atoms with E-state index < -0.39 is 0 Å². The number of rotatable bonds is 2. The molecule has 0 spiro atoms. The quantitative estimate of drug-likeness (QED) is 0.730. The van der Waals surface area contributed by atoms with Crippen molar-refractivity contribution in [3.05, 3.63) is 5.01 Å². The maximum atomic E-state index is 5.01. The van der Waals surface area contributed by atoms with Crippen LogP contribution in [0.2, 0.25) is 0 Å². The van der Waals surface area contributed by atoms with Crippen LogP contribution in [-0.4, -0.2) is 41.0 Å². The molecule has 2 aliphatic rings. The van der Waals surface area contributed by atoms with Crippen LogP contribution in [-0.2, 0) is 0 Å². The zero-order valence-corrected chi connectivity index (χ0v) is 8.96. The maximum Gasteiger partial charge on any atom is 0.328 e. The summed E-state index contributed by atoms with van der Waals surface area (Å²) in [5, 5.41) is 1.16. The molecule has 2 fully saturated rings. The molecule has 0 aliphatic carbocycles. The first-order valence-corrected chi connectivity index (χ1v) is 5.74. The van der Waals surface area contributed by atoms with Crippen molar-refractivity contribution in [1.29, 1.82) is 0 Å². The molecule has 1 aromatic rings. The Balaban J connectivity index is 1.82. The maximum absolute atomic E-state index is 5.01. The topological polar surface area (TPSA) is 38.2 Å². The highest BCUT2D eigenvalue weighted by Gasteiger charge is 2.40. The van der Waals surface area contributed by atoms with E-state index in [1.54, 1.807) is 7.11 Å². The molecular weight excluding hydrogens is 198 g/mol. The van der Waals surface area contributed by atoms with Gasteiger partial charge in [0, 0.05) is 19.0 Å². The molecular formula is C9H13N3OS. The third-order valence-electron chi connectivity index (χ3n) is 3.26. The summed E-state index contributed by atoms with van der Waals surface area (Å²) in [6.07, 6.45) is 1.33. The van der Waals surface area contributed by atoms with Crippen LogP contribution >= 0.6 is 11.5 Å². The van der Waals surface area contributed by atoms with E-state index in [9.17, 15) is 0 Å². The fraction of sp³-hybridized carbons (Fsp3) is 0.778. The second-order valence-corrected chi connectivity index (χ2v) is 4.82. The Labute approximate surface area is 87.1 Å². The van der Waals surface area contributed by atoms with Crippen LogP contribution in [0.3, 0.4) is 0 Å². The van der Waals surface area contributed by atoms with Gasteiger partial charge in [-0.1, -0.05) is 0 Å². The Bertz CT molecular complexity index is 341. The largest absolute Gasteiger partial charge is 0.466 e. The molecule has 5 heteroatoms. The summed E-state index contributed by atoms with van der Waals surface area (Å²) in [5.41, 5.74) is 0. The summed E-state index contributed by atoms with van der Waals surface area (Å²) < 4.78 is 9.16. The number of fused-ring (bicyclic) bond motifs is 2. The summed E-state index contributed by atoms with van der Waals surface area (Å²) in [7, 11) is 1.62. The van der Waals surface area contributed by atoms with Gasteiger partial charge < -0.3 is 9.64 Å². The Hall–Kier alpha value is -0.680. The van der Waals surface area contributed by atoms with E-state index >= 15 is 0 Å². The molecule has 76 valence electrons. The molecule has 2 aliphatic heterocycles. The number of methoxy groups -OCH3 is 1. The lowest BCUT2D eigenvalue weighted by molar-refractivity contribution is 0.343. The number of piperidine rings is 1. The lowest BCUT2D eigenvalue weighted by Gasteiger charge is -2.18. The molecule has 3 heterocycles. The smallest absolute Gasteiger partial charge is 0.328 e. The third kappa shape index (κ3) is 1.23. The molecule has 0 aromatic carbocycles. The van der Waals surface area contributed by atoms with Gasteiger partial charge >= 0.3 is 6.01 Å². The van der Waals surface area contributed by atoms with Gasteiger partial charge in [-0.05, 0) is 30.4 Å². The molecule has 2 saturated heterocycles. The molecule has 1 aromatic heterocycles. The highest BCUT2D eigenvalue weighted by molar-refractivity contribution is 7.05. The van der Waals surface area contributed by atoms with Crippen LogP contribution in [0.4, 0.5) is 0 Å². The third-order valence-corrected chi connectivity index (χ3v) is 4.08. The molecule has 0 saturated carbocycles. The minimum atomic E-state index is 0.530. The van der Waals surface area contributed by atoms with Gasteiger partial charge in [0.1, 0.15) is 5.01 Å². The standard InChI is InChI=1S/C9H13N3OS/c1-13-9-10-8(14-11-9)7-5-12-3-2-6(7)4-12/h6-7H,2-5H2,1H3/t6?,7-/m0/s1. The minimum Gasteiger partial charge on any atom is -0.466 e. The van der Waals surface area contributed by atoms with Crippen molar-refractivity contribution in [2.45, 2.75) is 12.3 Å². The van der Waals surface area contributed by atoms with Crippen molar-refractivity contribution in [2.75, 3.05) is 26.7 Å².